The van der Waals surface area contributed by atoms with Crippen molar-refractivity contribution in [2.45, 2.75) is 64.7 Å². The zero-order valence-electron chi connectivity index (χ0n) is 18.1. The van der Waals surface area contributed by atoms with E-state index in [1.807, 2.05) is 4.90 Å². The van der Waals surface area contributed by atoms with Crippen LogP contribution >= 0.6 is 0 Å². The monoisotopic (exact) mass is 417 g/mol. The minimum atomic E-state index is -0.225. The molecule has 1 N–H and O–H groups in total. The predicted octanol–water partition coefficient (Wildman–Crippen LogP) is 2.26. The van der Waals surface area contributed by atoms with Crippen LogP contribution in [0.25, 0.3) is 0 Å². The Morgan fingerprint density at radius 1 is 1.00 bits per heavy atom. The van der Waals surface area contributed by atoms with E-state index in [1.54, 1.807) is 0 Å². The van der Waals surface area contributed by atoms with Gasteiger partial charge in [-0.2, -0.15) is 0 Å². The number of rotatable bonds is 9. The summed E-state index contributed by atoms with van der Waals surface area (Å²) in [5.41, 5.74) is 0. The first-order valence-corrected chi connectivity index (χ1v) is 11.5. The molecule has 1 aliphatic carbocycles. The number of amides is 4. The zero-order chi connectivity index (χ0) is 21.5. The molecule has 7 heteroatoms. The highest BCUT2D eigenvalue weighted by molar-refractivity contribution is 6.12. The number of unbranched alkanes of at least 4 members (excludes halogenated alkanes) is 2. The molecule has 0 aromatic heterocycles. The van der Waals surface area contributed by atoms with Gasteiger partial charge in [0.25, 0.3) is 11.8 Å². The third-order valence-corrected chi connectivity index (χ3v) is 6.70. The standard InChI is InChI=1S/C23H35N3O4/c1-17-12-14-25(15-17)20(27)5-3-2-4-13-24-23(30)19-8-6-18(7-9-19)16-26-21(28)10-11-22(26)29/h10-11,17-19H,2-9,12-16H2,1H3,(H,24,30)/t17-,18?,19?/m0/s1. The summed E-state index contributed by atoms with van der Waals surface area (Å²) in [6.07, 6.45) is 10.5. The zero-order valence-corrected chi connectivity index (χ0v) is 18.1. The van der Waals surface area contributed by atoms with Crippen molar-refractivity contribution >= 4 is 23.6 Å². The molecule has 1 saturated carbocycles. The summed E-state index contributed by atoms with van der Waals surface area (Å²) >= 11 is 0. The summed E-state index contributed by atoms with van der Waals surface area (Å²) < 4.78 is 0. The lowest BCUT2D eigenvalue weighted by Crippen LogP contribution is -2.38. The second-order valence-electron chi connectivity index (χ2n) is 9.17. The highest BCUT2D eigenvalue weighted by atomic mass is 16.2. The van der Waals surface area contributed by atoms with Gasteiger partial charge in [-0.05, 0) is 56.8 Å². The Balaban J connectivity index is 1.23. The number of nitrogens with one attached hydrogen (secondary N) is 1. The van der Waals surface area contributed by atoms with Crippen LogP contribution in [0.4, 0.5) is 0 Å². The molecule has 166 valence electrons. The van der Waals surface area contributed by atoms with Crippen LogP contribution in [-0.4, -0.2) is 59.6 Å². The molecule has 0 aromatic rings. The summed E-state index contributed by atoms with van der Waals surface area (Å²) in [5, 5.41) is 3.04. The maximum Gasteiger partial charge on any atom is 0.253 e. The first-order valence-electron chi connectivity index (χ1n) is 11.5. The summed E-state index contributed by atoms with van der Waals surface area (Å²) in [7, 11) is 0. The van der Waals surface area contributed by atoms with Crippen LogP contribution in [0.5, 0.6) is 0 Å². The largest absolute Gasteiger partial charge is 0.356 e. The Bertz CT molecular complexity index is 664. The van der Waals surface area contributed by atoms with Gasteiger partial charge < -0.3 is 10.2 Å². The minimum Gasteiger partial charge on any atom is -0.356 e. The quantitative estimate of drug-likeness (QED) is 0.461. The van der Waals surface area contributed by atoms with Crippen LogP contribution in [0.3, 0.4) is 0 Å². The van der Waals surface area contributed by atoms with Crippen LogP contribution in [0.15, 0.2) is 12.2 Å². The van der Waals surface area contributed by atoms with Crippen LogP contribution in [0, 0.1) is 17.8 Å². The molecule has 0 unspecified atom stereocenters. The highest BCUT2D eigenvalue weighted by Gasteiger charge is 2.31. The van der Waals surface area contributed by atoms with E-state index in [-0.39, 0.29) is 35.5 Å². The molecule has 0 spiro atoms. The van der Waals surface area contributed by atoms with Gasteiger partial charge >= 0.3 is 0 Å². The maximum atomic E-state index is 12.4. The van der Waals surface area contributed by atoms with Crippen molar-refractivity contribution in [3.05, 3.63) is 12.2 Å². The lowest BCUT2D eigenvalue weighted by atomic mass is 9.81. The average Bonchev–Trinajstić information content (AvgIpc) is 3.31. The summed E-state index contributed by atoms with van der Waals surface area (Å²) in [5.74, 6) is 0.884. The maximum absolute atomic E-state index is 12.4. The lowest BCUT2D eigenvalue weighted by molar-refractivity contribution is -0.138. The Kier molecular flexibility index (Phi) is 8.05. The first kappa shape index (κ1) is 22.5. The van der Waals surface area contributed by atoms with Gasteiger partial charge in [-0.15, -0.1) is 0 Å². The number of carbonyl (C=O) groups excluding carboxylic acids is 4. The van der Waals surface area contributed by atoms with E-state index in [1.165, 1.54) is 17.1 Å². The summed E-state index contributed by atoms with van der Waals surface area (Å²) in [6, 6.07) is 0. The van der Waals surface area contributed by atoms with Gasteiger partial charge in [0.1, 0.15) is 0 Å². The fourth-order valence-electron chi connectivity index (χ4n) is 4.73. The van der Waals surface area contributed by atoms with Crippen molar-refractivity contribution < 1.29 is 19.2 Å². The Hall–Kier alpha value is -2.18. The Labute approximate surface area is 179 Å². The van der Waals surface area contributed by atoms with Gasteiger partial charge in [0, 0.05) is 50.7 Å². The van der Waals surface area contributed by atoms with Gasteiger partial charge in [-0.1, -0.05) is 13.3 Å². The predicted molar refractivity (Wildman–Crippen MR) is 113 cm³/mol. The van der Waals surface area contributed by atoms with E-state index in [0.717, 1.165) is 64.5 Å². The fraction of sp³-hybridized carbons (Fsp3) is 0.739. The third-order valence-electron chi connectivity index (χ3n) is 6.70. The van der Waals surface area contributed by atoms with Gasteiger partial charge in [-0.25, -0.2) is 0 Å². The van der Waals surface area contributed by atoms with Gasteiger partial charge in [0.05, 0.1) is 0 Å². The molecule has 1 atom stereocenters. The Morgan fingerprint density at radius 2 is 1.70 bits per heavy atom. The molecule has 0 bridgehead atoms. The molecule has 2 aliphatic heterocycles. The molecule has 0 radical (unpaired) electrons. The molecule has 3 aliphatic rings. The van der Waals surface area contributed by atoms with Gasteiger partial charge in [0.15, 0.2) is 0 Å². The number of likely N-dealkylation sites (tertiary alicyclic amines) is 1. The molecular formula is C23H35N3O4. The molecule has 1 saturated heterocycles. The van der Waals surface area contributed by atoms with Crippen LogP contribution in [0.1, 0.15) is 64.7 Å². The van der Waals surface area contributed by atoms with E-state index in [9.17, 15) is 19.2 Å². The van der Waals surface area contributed by atoms with E-state index >= 15 is 0 Å². The van der Waals surface area contributed by atoms with E-state index in [0.29, 0.717) is 25.4 Å². The summed E-state index contributed by atoms with van der Waals surface area (Å²) in [4.78, 5) is 51.2. The molecule has 2 fully saturated rings. The molecule has 30 heavy (non-hydrogen) atoms. The second kappa shape index (κ2) is 10.7. The number of nitrogens with zero attached hydrogens (tertiary/aromatic N) is 2. The van der Waals surface area contributed by atoms with E-state index < -0.39 is 0 Å². The van der Waals surface area contributed by atoms with Crippen LogP contribution in [-0.2, 0) is 19.2 Å². The molecule has 4 amide bonds. The number of imide groups is 1. The van der Waals surface area contributed by atoms with Gasteiger partial charge in [-0.3, -0.25) is 24.1 Å². The fourth-order valence-corrected chi connectivity index (χ4v) is 4.73. The molecule has 0 aromatic carbocycles. The second-order valence-corrected chi connectivity index (χ2v) is 9.17. The topological polar surface area (TPSA) is 86.8 Å². The number of hydrogen-bond donors (Lipinski definition) is 1. The van der Waals surface area contributed by atoms with Crippen LogP contribution < -0.4 is 5.32 Å². The highest BCUT2D eigenvalue weighted by Crippen LogP contribution is 2.30. The molecule has 3 rings (SSSR count). The first-order chi connectivity index (χ1) is 14.4. The van der Waals surface area contributed by atoms with Crippen LogP contribution in [0.2, 0.25) is 0 Å². The SMILES string of the molecule is C[C@H]1CCN(C(=O)CCCCCNC(=O)C2CCC(CN3C(=O)C=CC3=O)CC2)C1. The van der Waals surface area contributed by atoms with E-state index in [2.05, 4.69) is 12.2 Å². The van der Waals surface area contributed by atoms with Gasteiger partial charge in [0.2, 0.25) is 11.8 Å². The van der Waals surface area contributed by atoms with Crippen molar-refractivity contribution in [3.63, 3.8) is 0 Å². The van der Waals surface area contributed by atoms with Crippen molar-refractivity contribution in [3.8, 4) is 0 Å². The minimum absolute atomic E-state index is 0.0306. The van der Waals surface area contributed by atoms with Crippen molar-refractivity contribution in [1.82, 2.24) is 15.1 Å². The third kappa shape index (κ3) is 6.16. The Morgan fingerprint density at radius 3 is 2.33 bits per heavy atom. The van der Waals surface area contributed by atoms with Crippen molar-refractivity contribution in [1.29, 1.82) is 0 Å². The summed E-state index contributed by atoms with van der Waals surface area (Å²) in [6.45, 7) is 5.12. The lowest BCUT2D eigenvalue weighted by Gasteiger charge is -2.30. The van der Waals surface area contributed by atoms with Crippen molar-refractivity contribution in [2.75, 3.05) is 26.2 Å². The smallest absolute Gasteiger partial charge is 0.253 e. The van der Waals surface area contributed by atoms with E-state index in [4.69, 9.17) is 0 Å². The molecule has 2 heterocycles. The average molecular weight is 418 g/mol. The normalized spacial score (nSPS) is 26.5. The molecule has 7 nitrogen and oxygen atoms in total. The number of carbonyl (C=O) groups is 4. The van der Waals surface area contributed by atoms with Crippen molar-refractivity contribution in [2.24, 2.45) is 17.8 Å². The molecular weight excluding hydrogens is 382 g/mol. The number of hydrogen-bond acceptors (Lipinski definition) is 4.